The largest absolute Gasteiger partial charge is 0.483 e. The lowest BCUT2D eigenvalue weighted by atomic mass is 9.77. The molecule has 1 aliphatic heterocycles. The lowest BCUT2D eigenvalue weighted by molar-refractivity contribution is -0.122. The van der Waals surface area contributed by atoms with Crippen molar-refractivity contribution in [3.8, 4) is 0 Å². The van der Waals surface area contributed by atoms with Crippen molar-refractivity contribution >= 4 is 23.3 Å². The summed E-state index contributed by atoms with van der Waals surface area (Å²) in [7, 11) is 0. The van der Waals surface area contributed by atoms with Crippen LogP contribution in [-0.2, 0) is 4.79 Å². The van der Waals surface area contributed by atoms with Crippen molar-refractivity contribution in [3.63, 3.8) is 0 Å². The second-order valence-electron chi connectivity index (χ2n) is 7.59. The van der Waals surface area contributed by atoms with E-state index >= 15 is 0 Å². The third-order valence-electron chi connectivity index (χ3n) is 5.84. The Kier molecular flexibility index (Phi) is 5.39. The Balaban J connectivity index is 0.000000645. The maximum Gasteiger partial charge on any atom is 0.290 e. The predicted octanol–water partition coefficient (Wildman–Crippen LogP) is 1.68. The van der Waals surface area contributed by atoms with Gasteiger partial charge in [0, 0.05) is 31.7 Å². The Morgan fingerprint density at radius 3 is 2.62 bits per heavy atom. The number of carboxylic acid groups (broad SMARTS) is 1. The van der Waals surface area contributed by atoms with Crippen LogP contribution in [-0.4, -0.2) is 60.6 Å². The number of pyridine rings is 1. The summed E-state index contributed by atoms with van der Waals surface area (Å²) in [5.41, 5.74) is 0.749. The standard InChI is InChI=1S/C19H22N6O.CH2O2/c1-12-22-18-15(4-2-5-20-18)19(23-12)24-10-13-8-16(25-7-3-6-21-25)17(26)9-14(13)11-24;2-1-3/h2-7,13-14,16-17,26H,8-11H2,1H3;1H,(H,2,3)/t13-,14+,16-,17-;/m1./s1. The van der Waals surface area contributed by atoms with E-state index in [0.29, 0.717) is 11.8 Å². The van der Waals surface area contributed by atoms with Gasteiger partial charge < -0.3 is 15.1 Å². The highest BCUT2D eigenvalue weighted by molar-refractivity contribution is 5.86. The molecule has 1 saturated heterocycles. The van der Waals surface area contributed by atoms with Crippen LogP contribution >= 0.6 is 0 Å². The summed E-state index contributed by atoms with van der Waals surface area (Å²) in [4.78, 5) is 24.3. The van der Waals surface area contributed by atoms with Crippen LogP contribution < -0.4 is 4.90 Å². The third kappa shape index (κ3) is 3.77. The van der Waals surface area contributed by atoms with Gasteiger partial charge in [-0.2, -0.15) is 5.10 Å². The van der Waals surface area contributed by atoms with Crippen LogP contribution in [0.5, 0.6) is 0 Å². The molecule has 0 aromatic carbocycles. The lowest BCUT2D eigenvalue weighted by Crippen LogP contribution is -2.36. The molecule has 152 valence electrons. The zero-order valence-corrected chi connectivity index (χ0v) is 16.2. The second-order valence-corrected chi connectivity index (χ2v) is 7.59. The molecule has 0 bridgehead atoms. The molecule has 3 aromatic heterocycles. The van der Waals surface area contributed by atoms with Gasteiger partial charge in [0.2, 0.25) is 0 Å². The number of aromatic nitrogens is 5. The number of aliphatic hydroxyl groups excluding tert-OH is 1. The van der Waals surface area contributed by atoms with Crippen molar-refractivity contribution in [1.82, 2.24) is 24.7 Å². The molecule has 0 unspecified atom stereocenters. The first-order valence-corrected chi connectivity index (χ1v) is 9.70. The fourth-order valence-electron chi connectivity index (χ4n) is 4.63. The van der Waals surface area contributed by atoms with Gasteiger partial charge in [-0.25, -0.2) is 15.0 Å². The summed E-state index contributed by atoms with van der Waals surface area (Å²) < 4.78 is 1.91. The zero-order chi connectivity index (χ0) is 20.4. The number of carbonyl (C=O) groups is 1. The summed E-state index contributed by atoms with van der Waals surface area (Å²) in [5.74, 6) is 2.74. The van der Waals surface area contributed by atoms with E-state index in [0.717, 1.165) is 48.6 Å². The number of hydrogen-bond acceptors (Lipinski definition) is 7. The Morgan fingerprint density at radius 2 is 1.90 bits per heavy atom. The van der Waals surface area contributed by atoms with Crippen molar-refractivity contribution in [2.45, 2.75) is 31.9 Å². The first-order valence-electron chi connectivity index (χ1n) is 9.70. The molecule has 2 N–H and O–H groups in total. The molecule has 3 aromatic rings. The highest BCUT2D eigenvalue weighted by Crippen LogP contribution is 2.42. The molecule has 4 heterocycles. The Hall–Kier alpha value is -3.07. The van der Waals surface area contributed by atoms with E-state index < -0.39 is 0 Å². The van der Waals surface area contributed by atoms with Crippen molar-refractivity contribution in [2.24, 2.45) is 11.8 Å². The average molecular weight is 396 g/mol. The highest BCUT2D eigenvalue weighted by Gasteiger charge is 2.43. The Morgan fingerprint density at radius 1 is 1.14 bits per heavy atom. The maximum absolute atomic E-state index is 10.6. The van der Waals surface area contributed by atoms with Crippen LogP contribution in [0.2, 0.25) is 0 Å². The van der Waals surface area contributed by atoms with E-state index in [4.69, 9.17) is 14.9 Å². The first-order chi connectivity index (χ1) is 14.1. The monoisotopic (exact) mass is 396 g/mol. The minimum absolute atomic E-state index is 0.0664. The number of nitrogens with zero attached hydrogens (tertiary/aromatic N) is 6. The molecule has 0 radical (unpaired) electrons. The van der Waals surface area contributed by atoms with Crippen LogP contribution in [0.3, 0.4) is 0 Å². The van der Waals surface area contributed by atoms with Gasteiger partial charge in [0.1, 0.15) is 11.6 Å². The summed E-state index contributed by atoms with van der Waals surface area (Å²) in [6, 6.07) is 5.96. The maximum atomic E-state index is 10.6. The fraction of sp³-hybridized carbons (Fsp3) is 0.450. The lowest BCUT2D eigenvalue weighted by Gasteiger charge is -2.35. The molecule has 0 amide bonds. The van der Waals surface area contributed by atoms with E-state index in [1.807, 2.05) is 36.0 Å². The normalized spacial score (nSPS) is 25.9. The van der Waals surface area contributed by atoms with Gasteiger partial charge in [-0.05, 0) is 49.8 Å². The van der Waals surface area contributed by atoms with E-state index in [2.05, 4.69) is 20.0 Å². The van der Waals surface area contributed by atoms with Gasteiger partial charge in [0.25, 0.3) is 6.47 Å². The van der Waals surface area contributed by atoms with Gasteiger partial charge in [-0.3, -0.25) is 9.48 Å². The van der Waals surface area contributed by atoms with Crippen molar-refractivity contribution in [3.05, 3.63) is 42.6 Å². The van der Waals surface area contributed by atoms with Crippen LogP contribution in [0.25, 0.3) is 11.0 Å². The topological polar surface area (TPSA) is 117 Å². The number of rotatable bonds is 2. The summed E-state index contributed by atoms with van der Waals surface area (Å²) in [6.45, 7) is 3.54. The second kappa shape index (κ2) is 8.12. The molecular weight excluding hydrogens is 372 g/mol. The molecular formula is C20H24N6O3. The average Bonchev–Trinajstić information content (AvgIpc) is 3.36. The van der Waals surface area contributed by atoms with Crippen molar-refractivity contribution < 1.29 is 15.0 Å². The number of aryl methyl sites for hydroxylation is 1. The van der Waals surface area contributed by atoms with Crippen LogP contribution in [0.4, 0.5) is 5.82 Å². The fourth-order valence-corrected chi connectivity index (χ4v) is 4.63. The van der Waals surface area contributed by atoms with Crippen LogP contribution in [0.15, 0.2) is 36.8 Å². The Labute approximate surface area is 168 Å². The molecule has 9 heteroatoms. The molecule has 0 spiro atoms. The van der Waals surface area contributed by atoms with Gasteiger partial charge in [0.05, 0.1) is 17.5 Å². The van der Waals surface area contributed by atoms with Crippen molar-refractivity contribution in [1.29, 1.82) is 0 Å². The minimum Gasteiger partial charge on any atom is -0.483 e. The summed E-state index contributed by atoms with van der Waals surface area (Å²) in [5, 5.41) is 22.9. The predicted molar refractivity (Wildman–Crippen MR) is 106 cm³/mol. The van der Waals surface area contributed by atoms with E-state index in [-0.39, 0.29) is 18.6 Å². The van der Waals surface area contributed by atoms with Crippen LogP contribution in [0, 0.1) is 18.8 Å². The third-order valence-corrected chi connectivity index (χ3v) is 5.84. The zero-order valence-electron chi connectivity index (χ0n) is 16.2. The molecule has 5 rings (SSSR count). The Bertz CT molecular complexity index is 980. The van der Waals surface area contributed by atoms with Crippen LogP contribution in [0.1, 0.15) is 24.7 Å². The molecule has 1 aliphatic carbocycles. The number of anilines is 1. The molecule has 1 saturated carbocycles. The van der Waals surface area contributed by atoms with Gasteiger partial charge >= 0.3 is 0 Å². The smallest absolute Gasteiger partial charge is 0.290 e. The first kappa shape index (κ1) is 19.3. The van der Waals surface area contributed by atoms with E-state index in [1.54, 1.807) is 12.4 Å². The molecule has 2 fully saturated rings. The number of fused-ring (bicyclic) bond motifs is 2. The SMILES string of the molecule is Cc1nc(N2C[C@H]3C[C@@H](n4cccn4)[C@H](O)C[C@H]3C2)c2cccnc2n1.O=CO. The van der Waals surface area contributed by atoms with Gasteiger partial charge in [-0.15, -0.1) is 0 Å². The van der Waals surface area contributed by atoms with Crippen molar-refractivity contribution in [2.75, 3.05) is 18.0 Å². The molecule has 4 atom stereocenters. The van der Waals surface area contributed by atoms with Gasteiger partial charge in [0.15, 0.2) is 5.65 Å². The molecule has 2 aliphatic rings. The molecule has 29 heavy (non-hydrogen) atoms. The number of hydrogen-bond donors (Lipinski definition) is 2. The quantitative estimate of drug-likeness (QED) is 0.628. The molecule has 9 nitrogen and oxygen atoms in total. The van der Waals surface area contributed by atoms with Gasteiger partial charge in [-0.1, -0.05) is 0 Å². The van der Waals surface area contributed by atoms with E-state index in [1.165, 1.54) is 0 Å². The highest BCUT2D eigenvalue weighted by atomic mass is 16.3. The summed E-state index contributed by atoms with van der Waals surface area (Å²) in [6.07, 6.45) is 6.92. The number of aliphatic hydroxyl groups is 1. The minimum atomic E-state index is -0.346. The summed E-state index contributed by atoms with van der Waals surface area (Å²) >= 11 is 0. The van der Waals surface area contributed by atoms with E-state index in [9.17, 15) is 5.11 Å².